The maximum atomic E-state index is 14.5. The Labute approximate surface area is 202 Å². The van der Waals surface area contributed by atoms with Crippen LogP contribution < -0.4 is 5.32 Å². The van der Waals surface area contributed by atoms with Crippen molar-refractivity contribution in [2.75, 3.05) is 18.4 Å². The first-order chi connectivity index (χ1) is 16.8. The number of aromatic nitrogens is 3. The Morgan fingerprint density at radius 1 is 1.22 bits per heavy atom. The number of aryl methyl sites for hydroxylation is 1. The average Bonchev–Trinajstić information content (AvgIpc) is 3.18. The number of amides is 1. The molecule has 6 nitrogen and oxygen atoms in total. The Kier molecular flexibility index (Phi) is 6.72. The normalized spacial score (nSPS) is 19.8. The summed E-state index contributed by atoms with van der Waals surface area (Å²) in [5.74, 6) is -4.97. The van der Waals surface area contributed by atoms with E-state index in [2.05, 4.69) is 15.4 Å². The third kappa shape index (κ3) is 5.47. The van der Waals surface area contributed by atoms with E-state index in [1.807, 2.05) is 0 Å². The highest BCUT2D eigenvalue weighted by atomic mass is 19.4. The number of alkyl halides is 5. The zero-order valence-electron chi connectivity index (χ0n) is 19.4. The predicted molar refractivity (Wildman–Crippen MR) is 120 cm³/mol. The predicted octanol–water partition coefficient (Wildman–Crippen LogP) is 5.24. The van der Waals surface area contributed by atoms with Gasteiger partial charge in [0.05, 0.1) is 18.2 Å². The lowest BCUT2D eigenvalue weighted by molar-refractivity contribution is -0.137. The fraction of sp³-hybridized carbons (Fsp3) is 0.375. The summed E-state index contributed by atoms with van der Waals surface area (Å²) in [6, 6.07) is 6.77. The number of carbonyl (C=O) groups excluding carboxylic acids is 1. The Hall–Kier alpha value is -3.57. The van der Waals surface area contributed by atoms with Gasteiger partial charge in [0, 0.05) is 38.0 Å². The molecule has 0 radical (unpaired) electrons. The summed E-state index contributed by atoms with van der Waals surface area (Å²) >= 11 is 0. The fourth-order valence-electron chi connectivity index (χ4n) is 4.40. The first-order valence-electron chi connectivity index (χ1n) is 11.1. The molecular weight excluding hydrogens is 488 g/mol. The Balaban J connectivity index is 1.61. The van der Waals surface area contributed by atoms with Crippen molar-refractivity contribution >= 4 is 11.7 Å². The molecule has 0 unspecified atom stereocenters. The molecule has 12 heteroatoms. The quantitative estimate of drug-likeness (QED) is 0.476. The minimum atomic E-state index is -4.54. The van der Waals surface area contributed by atoms with Crippen LogP contribution in [0.1, 0.15) is 29.4 Å². The number of hydrogen-bond donors (Lipinski definition) is 1. The van der Waals surface area contributed by atoms with Crippen LogP contribution in [0.3, 0.4) is 0 Å². The van der Waals surface area contributed by atoms with Gasteiger partial charge in [0.25, 0.3) is 11.8 Å². The molecule has 2 atom stereocenters. The second-order valence-electron chi connectivity index (χ2n) is 8.92. The van der Waals surface area contributed by atoms with E-state index in [-0.39, 0.29) is 18.1 Å². The highest BCUT2D eigenvalue weighted by Crippen LogP contribution is 2.36. The molecule has 0 bridgehead atoms. The largest absolute Gasteiger partial charge is 0.417 e. The number of likely N-dealkylation sites (tertiary alicyclic amines) is 1. The van der Waals surface area contributed by atoms with E-state index in [0.29, 0.717) is 17.3 Å². The fourth-order valence-corrected chi connectivity index (χ4v) is 4.40. The Morgan fingerprint density at radius 2 is 1.97 bits per heavy atom. The summed E-state index contributed by atoms with van der Waals surface area (Å²) in [6.07, 6.45) is -2.83. The molecule has 0 saturated carbocycles. The molecule has 1 saturated heterocycles. The second-order valence-corrected chi connectivity index (χ2v) is 8.92. The van der Waals surface area contributed by atoms with Crippen molar-refractivity contribution in [3.05, 3.63) is 65.9 Å². The monoisotopic (exact) mass is 511 g/mol. The molecule has 0 aliphatic carbocycles. The van der Waals surface area contributed by atoms with Crippen LogP contribution in [0.5, 0.6) is 0 Å². The maximum absolute atomic E-state index is 14.5. The van der Waals surface area contributed by atoms with Gasteiger partial charge in [-0.25, -0.2) is 18.2 Å². The van der Waals surface area contributed by atoms with Crippen molar-refractivity contribution in [3.8, 4) is 11.1 Å². The number of anilines is 1. The molecule has 2 aromatic heterocycles. The standard InChI is InChI=1S/C24H23F6N5O/c1-14-9-23(26,27)13-35(19(14)11-32-20-7-6-16(10-31-20)24(28,29)30)22(36)21-18(12-34(2)33-21)15-4-3-5-17(25)8-15/h3-8,10,12,14,19H,9,11,13H2,1-2H3,(H,31,32)/t14-,19-/m1/s1. The number of rotatable bonds is 5. The Bertz CT molecular complexity index is 1240. The van der Waals surface area contributed by atoms with Gasteiger partial charge in [0.2, 0.25) is 0 Å². The van der Waals surface area contributed by atoms with E-state index in [0.717, 1.165) is 17.0 Å². The van der Waals surface area contributed by atoms with Gasteiger partial charge in [-0.3, -0.25) is 9.48 Å². The summed E-state index contributed by atoms with van der Waals surface area (Å²) in [5.41, 5.74) is -0.368. The summed E-state index contributed by atoms with van der Waals surface area (Å²) in [5, 5.41) is 7.02. The van der Waals surface area contributed by atoms with E-state index in [1.54, 1.807) is 20.0 Å². The number of halogens is 6. The number of hydrogen-bond acceptors (Lipinski definition) is 4. The molecule has 36 heavy (non-hydrogen) atoms. The molecule has 1 aliphatic heterocycles. The molecule has 3 aromatic rings. The summed E-state index contributed by atoms with van der Waals surface area (Å²) in [6.45, 7) is 0.692. The second kappa shape index (κ2) is 9.47. The van der Waals surface area contributed by atoms with Crippen molar-refractivity contribution < 1.29 is 31.1 Å². The molecule has 192 valence electrons. The topological polar surface area (TPSA) is 63.1 Å². The molecule has 1 N–H and O–H groups in total. The summed E-state index contributed by atoms with van der Waals surface area (Å²) < 4.78 is 82.6. The van der Waals surface area contributed by atoms with E-state index in [1.165, 1.54) is 29.1 Å². The molecule has 1 aliphatic rings. The van der Waals surface area contributed by atoms with Crippen molar-refractivity contribution in [3.63, 3.8) is 0 Å². The van der Waals surface area contributed by atoms with Crippen LogP contribution in [-0.4, -0.2) is 50.6 Å². The lowest BCUT2D eigenvalue weighted by atomic mass is 9.88. The number of nitrogens with zero attached hydrogens (tertiary/aromatic N) is 4. The summed E-state index contributed by atoms with van der Waals surface area (Å²) in [4.78, 5) is 18.3. The maximum Gasteiger partial charge on any atom is 0.417 e. The Morgan fingerprint density at radius 3 is 2.61 bits per heavy atom. The van der Waals surface area contributed by atoms with E-state index in [9.17, 15) is 31.1 Å². The first-order valence-corrected chi connectivity index (χ1v) is 11.1. The third-order valence-electron chi connectivity index (χ3n) is 6.09. The number of carbonyl (C=O) groups is 1. The molecule has 3 heterocycles. The van der Waals surface area contributed by atoms with Crippen LogP contribution in [0.25, 0.3) is 11.1 Å². The van der Waals surface area contributed by atoms with Gasteiger partial charge < -0.3 is 10.2 Å². The van der Waals surface area contributed by atoms with Crippen molar-refractivity contribution in [2.45, 2.75) is 31.5 Å². The van der Waals surface area contributed by atoms with Gasteiger partial charge in [0.15, 0.2) is 5.69 Å². The first kappa shape index (κ1) is 25.5. The van der Waals surface area contributed by atoms with Gasteiger partial charge in [-0.1, -0.05) is 19.1 Å². The van der Waals surface area contributed by atoms with Crippen LogP contribution in [0.4, 0.5) is 32.2 Å². The van der Waals surface area contributed by atoms with Crippen LogP contribution in [0, 0.1) is 11.7 Å². The zero-order valence-corrected chi connectivity index (χ0v) is 19.4. The SMILES string of the molecule is C[C@@H]1CC(F)(F)CN(C(=O)c2nn(C)cc2-c2cccc(F)c2)[C@@H]1CNc1ccc(C(F)(F)F)cn1. The van der Waals surface area contributed by atoms with Crippen molar-refractivity contribution in [1.82, 2.24) is 19.7 Å². The molecular formula is C24H23F6N5O. The van der Waals surface area contributed by atoms with Gasteiger partial charge >= 0.3 is 6.18 Å². The lowest BCUT2D eigenvalue weighted by Crippen LogP contribution is -2.57. The number of nitrogens with one attached hydrogen (secondary N) is 1. The van der Waals surface area contributed by atoms with E-state index >= 15 is 0 Å². The van der Waals surface area contributed by atoms with Gasteiger partial charge in [-0.05, 0) is 35.7 Å². The highest BCUT2D eigenvalue weighted by Gasteiger charge is 2.46. The minimum Gasteiger partial charge on any atom is -0.368 e. The van der Waals surface area contributed by atoms with Crippen LogP contribution in [0.15, 0.2) is 48.8 Å². The van der Waals surface area contributed by atoms with Crippen LogP contribution in [0.2, 0.25) is 0 Å². The molecule has 0 spiro atoms. The molecule has 1 aromatic carbocycles. The van der Waals surface area contributed by atoms with Crippen molar-refractivity contribution in [1.29, 1.82) is 0 Å². The van der Waals surface area contributed by atoms with Crippen molar-refractivity contribution in [2.24, 2.45) is 13.0 Å². The number of piperidine rings is 1. The van der Waals surface area contributed by atoms with Crippen LogP contribution >= 0.6 is 0 Å². The molecule has 1 amide bonds. The number of pyridine rings is 1. The third-order valence-corrected chi connectivity index (χ3v) is 6.09. The average molecular weight is 511 g/mol. The van der Waals surface area contributed by atoms with Gasteiger partial charge in [-0.2, -0.15) is 18.3 Å². The van der Waals surface area contributed by atoms with Gasteiger partial charge in [0.1, 0.15) is 11.6 Å². The summed E-state index contributed by atoms with van der Waals surface area (Å²) in [7, 11) is 1.56. The van der Waals surface area contributed by atoms with E-state index < -0.39 is 54.3 Å². The van der Waals surface area contributed by atoms with Gasteiger partial charge in [-0.15, -0.1) is 0 Å². The van der Waals surface area contributed by atoms with E-state index in [4.69, 9.17) is 0 Å². The van der Waals surface area contributed by atoms with Crippen LogP contribution in [-0.2, 0) is 13.2 Å². The lowest BCUT2D eigenvalue weighted by Gasteiger charge is -2.43. The highest BCUT2D eigenvalue weighted by molar-refractivity contribution is 5.99. The minimum absolute atomic E-state index is 0.0243. The smallest absolute Gasteiger partial charge is 0.368 e. The number of benzene rings is 1. The zero-order chi connectivity index (χ0) is 26.3. The molecule has 4 rings (SSSR count). The molecule has 1 fully saturated rings.